The van der Waals surface area contributed by atoms with E-state index in [-0.39, 0.29) is 10.7 Å². The lowest BCUT2D eigenvalue weighted by Gasteiger charge is -2.11. The lowest BCUT2D eigenvalue weighted by molar-refractivity contribution is 0.601. The van der Waals surface area contributed by atoms with E-state index in [1.54, 1.807) is 19.1 Å². The van der Waals surface area contributed by atoms with Gasteiger partial charge < -0.3 is 0 Å². The zero-order valence-corrected chi connectivity index (χ0v) is 12.9. The lowest BCUT2D eigenvalue weighted by atomic mass is 10.1. The molecule has 0 fully saturated rings. The van der Waals surface area contributed by atoms with Gasteiger partial charge in [-0.25, -0.2) is 12.8 Å². The van der Waals surface area contributed by atoms with Gasteiger partial charge in [0.05, 0.1) is 10.6 Å². The first-order chi connectivity index (χ1) is 9.92. The summed E-state index contributed by atoms with van der Waals surface area (Å²) in [6.45, 7) is 3.73. The van der Waals surface area contributed by atoms with E-state index < -0.39 is 10.0 Å². The molecule has 3 nitrogen and oxygen atoms in total. The molecule has 0 aromatic heterocycles. The molecule has 2 aromatic rings. The molecule has 0 radical (unpaired) electrons. The topological polar surface area (TPSA) is 46.2 Å². The highest BCUT2D eigenvalue weighted by atomic mass is 32.2. The Bertz CT molecular complexity index is 724. The van der Waals surface area contributed by atoms with E-state index in [1.807, 2.05) is 12.1 Å². The summed E-state index contributed by atoms with van der Waals surface area (Å²) in [6.07, 6.45) is 1.93. The molecule has 1 N–H and O–H groups in total. The van der Waals surface area contributed by atoms with Crippen molar-refractivity contribution in [3.8, 4) is 0 Å². The molecule has 0 atom stereocenters. The van der Waals surface area contributed by atoms with Crippen LogP contribution in [0.4, 0.5) is 10.1 Å². The largest absolute Gasteiger partial charge is 0.279 e. The van der Waals surface area contributed by atoms with Crippen molar-refractivity contribution in [2.24, 2.45) is 0 Å². The van der Waals surface area contributed by atoms with Gasteiger partial charge >= 0.3 is 0 Å². The summed E-state index contributed by atoms with van der Waals surface area (Å²) in [5.41, 5.74) is 2.03. The molecule has 2 aromatic carbocycles. The fraction of sp³-hybridized carbons (Fsp3) is 0.250. The smallest absolute Gasteiger partial charge is 0.261 e. The highest BCUT2D eigenvalue weighted by Gasteiger charge is 2.15. The van der Waals surface area contributed by atoms with Gasteiger partial charge in [-0.05, 0) is 54.8 Å². The maximum atomic E-state index is 13.0. The summed E-state index contributed by atoms with van der Waals surface area (Å²) in [5.74, 6) is -0.389. The van der Waals surface area contributed by atoms with Crippen LogP contribution in [0, 0.1) is 12.7 Å². The Labute approximate surface area is 124 Å². The maximum absolute atomic E-state index is 13.0. The molecule has 112 valence electrons. The quantitative estimate of drug-likeness (QED) is 0.911. The van der Waals surface area contributed by atoms with Crippen molar-refractivity contribution in [2.75, 3.05) is 4.72 Å². The monoisotopic (exact) mass is 307 g/mol. The molecule has 0 aliphatic heterocycles. The average Bonchev–Trinajstić information content (AvgIpc) is 2.43. The van der Waals surface area contributed by atoms with Crippen LogP contribution in [0.5, 0.6) is 0 Å². The summed E-state index contributed by atoms with van der Waals surface area (Å²) in [4.78, 5) is 0.200. The number of sulfonamides is 1. The predicted octanol–water partition coefficient (Wildman–Crippen LogP) is 3.89. The van der Waals surface area contributed by atoms with Crippen LogP contribution in [0.3, 0.4) is 0 Å². The molecule has 0 aliphatic carbocycles. The van der Waals surface area contributed by atoms with Crippen LogP contribution >= 0.6 is 0 Å². The van der Waals surface area contributed by atoms with Gasteiger partial charge in [0, 0.05) is 0 Å². The molecular formula is C16H18FNO2S. The fourth-order valence-corrected chi connectivity index (χ4v) is 3.20. The molecule has 0 unspecified atom stereocenters. The van der Waals surface area contributed by atoms with Crippen LogP contribution in [0.25, 0.3) is 0 Å². The van der Waals surface area contributed by atoms with Crippen molar-refractivity contribution in [3.63, 3.8) is 0 Å². The Morgan fingerprint density at radius 3 is 2.33 bits per heavy atom. The normalized spacial score (nSPS) is 11.4. The van der Waals surface area contributed by atoms with Crippen molar-refractivity contribution in [2.45, 2.75) is 31.6 Å². The Hall–Kier alpha value is -1.88. The SMILES string of the molecule is CCCc1ccc(S(=O)(=O)Nc2ccc(F)cc2C)cc1. The summed E-state index contributed by atoms with van der Waals surface area (Å²) in [5, 5.41) is 0. The Morgan fingerprint density at radius 2 is 1.76 bits per heavy atom. The van der Waals surface area contributed by atoms with E-state index >= 15 is 0 Å². The fourth-order valence-electron chi connectivity index (χ4n) is 2.07. The Morgan fingerprint density at radius 1 is 1.10 bits per heavy atom. The summed E-state index contributed by atoms with van der Waals surface area (Å²) >= 11 is 0. The molecule has 2 rings (SSSR count). The zero-order chi connectivity index (χ0) is 15.5. The molecule has 0 spiro atoms. The first-order valence-electron chi connectivity index (χ1n) is 6.80. The highest BCUT2D eigenvalue weighted by molar-refractivity contribution is 7.92. The van der Waals surface area contributed by atoms with Gasteiger partial charge in [-0.3, -0.25) is 4.72 Å². The molecule has 5 heteroatoms. The van der Waals surface area contributed by atoms with Gasteiger partial charge in [0.15, 0.2) is 0 Å². The van der Waals surface area contributed by atoms with Crippen LogP contribution in [0.1, 0.15) is 24.5 Å². The third-order valence-corrected chi connectivity index (χ3v) is 4.59. The van der Waals surface area contributed by atoms with E-state index in [1.165, 1.54) is 18.2 Å². The molecule has 0 saturated heterocycles. The van der Waals surface area contributed by atoms with Gasteiger partial charge in [0.25, 0.3) is 10.0 Å². The van der Waals surface area contributed by atoms with Crippen LogP contribution in [0.2, 0.25) is 0 Å². The average molecular weight is 307 g/mol. The van der Waals surface area contributed by atoms with E-state index in [0.717, 1.165) is 18.4 Å². The molecular weight excluding hydrogens is 289 g/mol. The van der Waals surface area contributed by atoms with E-state index in [0.29, 0.717) is 11.3 Å². The number of hydrogen-bond acceptors (Lipinski definition) is 2. The molecule has 0 heterocycles. The lowest BCUT2D eigenvalue weighted by Crippen LogP contribution is -2.13. The van der Waals surface area contributed by atoms with Crippen molar-refractivity contribution in [1.82, 2.24) is 0 Å². The van der Waals surface area contributed by atoms with Crippen LogP contribution in [-0.2, 0) is 16.4 Å². The number of nitrogens with one attached hydrogen (secondary N) is 1. The Balaban J connectivity index is 2.25. The van der Waals surface area contributed by atoms with Gasteiger partial charge in [-0.2, -0.15) is 0 Å². The maximum Gasteiger partial charge on any atom is 0.261 e. The molecule has 0 amide bonds. The third kappa shape index (κ3) is 3.82. The predicted molar refractivity (Wildman–Crippen MR) is 82.4 cm³/mol. The number of aryl methyl sites for hydroxylation is 2. The van der Waals surface area contributed by atoms with Crippen molar-refractivity contribution >= 4 is 15.7 Å². The second-order valence-corrected chi connectivity index (χ2v) is 6.64. The minimum Gasteiger partial charge on any atom is -0.279 e. The van der Waals surface area contributed by atoms with Crippen LogP contribution in [-0.4, -0.2) is 8.42 Å². The summed E-state index contributed by atoms with van der Waals surface area (Å²) < 4.78 is 40.1. The molecule has 0 aliphatic rings. The van der Waals surface area contributed by atoms with E-state index in [4.69, 9.17) is 0 Å². The minimum atomic E-state index is -3.65. The number of rotatable bonds is 5. The van der Waals surface area contributed by atoms with Crippen LogP contribution in [0.15, 0.2) is 47.4 Å². The second-order valence-electron chi connectivity index (χ2n) is 4.96. The van der Waals surface area contributed by atoms with Crippen molar-refractivity contribution in [3.05, 3.63) is 59.4 Å². The van der Waals surface area contributed by atoms with Crippen LogP contribution < -0.4 is 4.72 Å². The number of halogens is 1. The van der Waals surface area contributed by atoms with Gasteiger partial charge in [0.2, 0.25) is 0 Å². The van der Waals surface area contributed by atoms with Gasteiger partial charge in [-0.15, -0.1) is 0 Å². The minimum absolute atomic E-state index is 0.200. The second kappa shape index (κ2) is 6.26. The van der Waals surface area contributed by atoms with Gasteiger partial charge in [-0.1, -0.05) is 25.5 Å². The molecule has 0 bridgehead atoms. The van der Waals surface area contributed by atoms with Crippen molar-refractivity contribution < 1.29 is 12.8 Å². The number of hydrogen-bond donors (Lipinski definition) is 1. The first kappa shape index (κ1) is 15.5. The molecule has 21 heavy (non-hydrogen) atoms. The first-order valence-corrected chi connectivity index (χ1v) is 8.28. The van der Waals surface area contributed by atoms with E-state index in [2.05, 4.69) is 11.6 Å². The Kier molecular flexibility index (Phi) is 4.63. The third-order valence-electron chi connectivity index (χ3n) is 3.21. The number of anilines is 1. The highest BCUT2D eigenvalue weighted by Crippen LogP contribution is 2.21. The van der Waals surface area contributed by atoms with Gasteiger partial charge in [0.1, 0.15) is 5.82 Å². The number of benzene rings is 2. The summed E-state index contributed by atoms with van der Waals surface area (Å²) in [7, 11) is -3.65. The summed E-state index contributed by atoms with van der Waals surface area (Å²) in [6, 6.07) is 10.8. The standard InChI is InChI=1S/C16H18FNO2S/c1-3-4-13-5-8-15(9-6-13)21(19,20)18-16-10-7-14(17)11-12(16)2/h5-11,18H,3-4H2,1-2H3. The molecule has 0 saturated carbocycles. The van der Waals surface area contributed by atoms with Crippen molar-refractivity contribution in [1.29, 1.82) is 0 Å². The zero-order valence-electron chi connectivity index (χ0n) is 12.1. The van der Waals surface area contributed by atoms with E-state index in [9.17, 15) is 12.8 Å².